The molecule has 1 aliphatic heterocycles. The van der Waals surface area contributed by atoms with Crippen LogP contribution < -0.4 is 0 Å². The van der Waals surface area contributed by atoms with E-state index in [1.165, 1.54) is 5.57 Å². The fraction of sp³-hybridized carbons (Fsp3) is 0.731. The van der Waals surface area contributed by atoms with E-state index in [0.717, 1.165) is 56.3 Å². The van der Waals surface area contributed by atoms with Crippen molar-refractivity contribution in [2.45, 2.75) is 90.9 Å². The van der Waals surface area contributed by atoms with E-state index >= 15 is 0 Å². The lowest BCUT2D eigenvalue weighted by atomic mass is 9.72. The number of amides is 1. The molecule has 1 aliphatic carbocycles. The van der Waals surface area contributed by atoms with Crippen molar-refractivity contribution in [1.29, 1.82) is 0 Å². The number of nitrogens with one attached hydrogen (secondary N) is 1. The number of H-pyrrole nitrogens is 1. The summed E-state index contributed by atoms with van der Waals surface area (Å²) in [5, 5.41) is 7.56. The van der Waals surface area contributed by atoms with Gasteiger partial charge < -0.3 is 19.3 Å². The van der Waals surface area contributed by atoms with Crippen molar-refractivity contribution in [1.82, 2.24) is 20.0 Å². The first-order valence-electron chi connectivity index (χ1n) is 12.5. The summed E-state index contributed by atoms with van der Waals surface area (Å²) in [6.45, 7) is 11.8. The largest absolute Gasteiger partial charge is 0.458 e. The van der Waals surface area contributed by atoms with Gasteiger partial charge in [-0.15, -0.1) is 0 Å². The molecule has 8 heteroatoms. The first kappa shape index (κ1) is 26.3. The van der Waals surface area contributed by atoms with Gasteiger partial charge >= 0.3 is 12.1 Å². The normalized spacial score (nSPS) is 22.1. The zero-order valence-electron chi connectivity index (χ0n) is 22.0. The first-order chi connectivity index (χ1) is 15.9. The third-order valence-electron chi connectivity index (χ3n) is 7.31. The summed E-state index contributed by atoms with van der Waals surface area (Å²) >= 11 is 0. The van der Waals surface area contributed by atoms with E-state index in [2.05, 4.69) is 35.0 Å². The van der Waals surface area contributed by atoms with E-state index in [1.807, 2.05) is 34.0 Å². The standard InChI is InChI=1S/C26H42N4O4/c1-8-25(9-2)18-26(33-22(25)31)12-10-19(11-13-26)21-20(16-27-28-21)17-29(6)14-15-30(7)23(32)34-24(3,4)5/h10,16H,8-9,11-15,17-18H2,1-7H3,(H,27,28). The van der Waals surface area contributed by atoms with Crippen LogP contribution in [-0.2, 0) is 20.8 Å². The molecule has 1 unspecified atom stereocenters. The second-order valence-electron chi connectivity index (χ2n) is 11.1. The van der Waals surface area contributed by atoms with Gasteiger partial charge in [-0.25, -0.2) is 4.79 Å². The molecule has 1 amide bonds. The van der Waals surface area contributed by atoms with Crippen molar-refractivity contribution in [2.24, 2.45) is 5.41 Å². The Bertz CT molecular complexity index is 912. The van der Waals surface area contributed by atoms with Crippen LogP contribution in [0, 0.1) is 5.41 Å². The van der Waals surface area contributed by atoms with Crippen LogP contribution >= 0.6 is 0 Å². The molecular weight excluding hydrogens is 432 g/mol. The smallest absolute Gasteiger partial charge is 0.410 e. The predicted molar refractivity (Wildman–Crippen MR) is 132 cm³/mol. The van der Waals surface area contributed by atoms with Crippen molar-refractivity contribution in [2.75, 3.05) is 27.2 Å². The number of esters is 1. The van der Waals surface area contributed by atoms with Crippen molar-refractivity contribution >= 4 is 17.6 Å². The van der Waals surface area contributed by atoms with Gasteiger partial charge in [0.1, 0.15) is 11.2 Å². The molecule has 2 aliphatic rings. The molecule has 1 fully saturated rings. The Morgan fingerprint density at radius 1 is 1.24 bits per heavy atom. The van der Waals surface area contributed by atoms with Crippen LogP contribution in [0.4, 0.5) is 4.79 Å². The SMILES string of the molecule is CCC1(CC)CC2(CC=C(c3n[nH]cc3CN(C)CCN(C)C(=O)OC(C)(C)C)CC2)OC1=O. The number of hydrogen-bond donors (Lipinski definition) is 1. The summed E-state index contributed by atoms with van der Waals surface area (Å²) in [5.74, 6) is -0.0206. The van der Waals surface area contributed by atoms with Gasteiger partial charge in [0.2, 0.25) is 0 Å². The molecule has 1 N–H and O–H groups in total. The molecule has 0 bridgehead atoms. The number of hydrogen-bond acceptors (Lipinski definition) is 6. The molecule has 0 radical (unpaired) electrons. The number of nitrogens with zero attached hydrogens (tertiary/aromatic N) is 3. The van der Waals surface area contributed by atoms with Crippen LogP contribution in [0.3, 0.4) is 0 Å². The lowest BCUT2D eigenvalue weighted by Gasteiger charge is -2.32. The number of carbonyl (C=O) groups excluding carboxylic acids is 2. The number of carbonyl (C=O) groups is 2. The van der Waals surface area contributed by atoms with Crippen LogP contribution in [0.5, 0.6) is 0 Å². The van der Waals surface area contributed by atoms with Crippen molar-refractivity contribution < 1.29 is 19.1 Å². The van der Waals surface area contributed by atoms with Crippen molar-refractivity contribution in [3.8, 4) is 0 Å². The molecule has 34 heavy (non-hydrogen) atoms. The number of rotatable bonds is 8. The minimum atomic E-state index is -0.499. The lowest BCUT2D eigenvalue weighted by molar-refractivity contribution is -0.154. The number of allylic oxidation sites excluding steroid dienone is 1. The Labute approximate surface area is 204 Å². The van der Waals surface area contributed by atoms with Crippen LogP contribution in [0.1, 0.15) is 84.4 Å². The van der Waals surface area contributed by atoms with E-state index in [0.29, 0.717) is 13.1 Å². The van der Waals surface area contributed by atoms with E-state index in [-0.39, 0.29) is 23.1 Å². The summed E-state index contributed by atoms with van der Waals surface area (Å²) in [7, 11) is 3.80. The zero-order chi connectivity index (χ0) is 25.1. The third-order valence-corrected chi connectivity index (χ3v) is 7.31. The molecule has 8 nitrogen and oxygen atoms in total. The minimum Gasteiger partial charge on any atom is -0.458 e. The van der Waals surface area contributed by atoms with Crippen molar-refractivity contribution in [3.63, 3.8) is 0 Å². The highest BCUT2D eigenvalue weighted by Gasteiger charge is 2.54. The summed E-state index contributed by atoms with van der Waals surface area (Å²) < 4.78 is 11.4. The summed E-state index contributed by atoms with van der Waals surface area (Å²) in [6.07, 6.45) is 8.77. The highest BCUT2D eigenvalue weighted by atomic mass is 16.6. The molecule has 1 aromatic heterocycles. The summed E-state index contributed by atoms with van der Waals surface area (Å²) in [5.41, 5.74) is 2.15. The minimum absolute atomic E-state index is 0.0206. The maximum atomic E-state index is 12.6. The van der Waals surface area contributed by atoms with Gasteiger partial charge in [0, 0.05) is 51.3 Å². The lowest BCUT2D eigenvalue weighted by Crippen LogP contribution is -2.38. The Hall–Kier alpha value is -2.35. The van der Waals surface area contributed by atoms with Crippen LogP contribution in [0.25, 0.3) is 5.57 Å². The topological polar surface area (TPSA) is 87.8 Å². The molecule has 0 aromatic carbocycles. The fourth-order valence-corrected chi connectivity index (χ4v) is 5.00. The number of ether oxygens (including phenoxy) is 2. The van der Waals surface area contributed by atoms with E-state index < -0.39 is 5.60 Å². The summed E-state index contributed by atoms with van der Waals surface area (Å²) in [6, 6.07) is 0. The van der Waals surface area contributed by atoms with E-state index in [9.17, 15) is 9.59 Å². The Morgan fingerprint density at radius 2 is 1.94 bits per heavy atom. The Balaban J connectivity index is 1.58. The van der Waals surface area contributed by atoms with Crippen molar-refractivity contribution in [3.05, 3.63) is 23.5 Å². The van der Waals surface area contributed by atoms with Crippen LogP contribution in [-0.4, -0.2) is 70.4 Å². The van der Waals surface area contributed by atoms with Crippen LogP contribution in [0.2, 0.25) is 0 Å². The second-order valence-corrected chi connectivity index (χ2v) is 11.1. The van der Waals surface area contributed by atoms with Gasteiger partial charge in [-0.3, -0.25) is 9.89 Å². The maximum Gasteiger partial charge on any atom is 0.410 e. The van der Waals surface area contributed by atoms with Gasteiger partial charge in [-0.1, -0.05) is 19.9 Å². The molecule has 190 valence electrons. The van der Waals surface area contributed by atoms with E-state index in [4.69, 9.17) is 9.47 Å². The highest BCUT2D eigenvalue weighted by Crippen LogP contribution is 2.51. The monoisotopic (exact) mass is 474 g/mol. The zero-order valence-corrected chi connectivity index (χ0v) is 22.0. The fourth-order valence-electron chi connectivity index (χ4n) is 5.00. The van der Waals surface area contributed by atoms with Gasteiger partial charge in [0.15, 0.2) is 0 Å². The Morgan fingerprint density at radius 3 is 2.50 bits per heavy atom. The first-order valence-corrected chi connectivity index (χ1v) is 12.5. The average Bonchev–Trinajstić information content (AvgIpc) is 3.33. The average molecular weight is 475 g/mol. The Kier molecular flexibility index (Phi) is 7.80. The third kappa shape index (κ3) is 5.82. The molecule has 2 heterocycles. The van der Waals surface area contributed by atoms with Crippen LogP contribution in [0.15, 0.2) is 12.3 Å². The quantitative estimate of drug-likeness (QED) is 0.546. The van der Waals surface area contributed by atoms with Gasteiger partial charge in [0.25, 0.3) is 0 Å². The highest BCUT2D eigenvalue weighted by molar-refractivity contribution is 5.80. The number of aromatic nitrogens is 2. The molecule has 1 aromatic rings. The molecule has 3 rings (SSSR count). The number of aromatic amines is 1. The van der Waals surface area contributed by atoms with Gasteiger partial charge in [-0.2, -0.15) is 5.10 Å². The van der Waals surface area contributed by atoms with Gasteiger partial charge in [-0.05, 0) is 59.1 Å². The molecule has 1 saturated heterocycles. The molecule has 1 spiro atoms. The van der Waals surface area contributed by atoms with E-state index in [1.54, 1.807) is 11.9 Å². The van der Waals surface area contributed by atoms with Gasteiger partial charge in [0.05, 0.1) is 11.1 Å². The second kappa shape index (κ2) is 10.1. The maximum absolute atomic E-state index is 12.6. The number of likely N-dealkylation sites (N-methyl/N-ethyl adjacent to an activating group) is 2. The molecular formula is C26H42N4O4. The molecule has 1 atom stereocenters. The molecule has 0 saturated carbocycles. The predicted octanol–water partition coefficient (Wildman–Crippen LogP) is 4.77. The summed E-state index contributed by atoms with van der Waals surface area (Å²) in [4.78, 5) is 28.6.